The average molecular weight is 405 g/mol. The van der Waals surface area contributed by atoms with Crippen LogP contribution in [0, 0.1) is 5.92 Å². The number of esters is 1. The quantitative estimate of drug-likeness (QED) is 0.668. The normalized spacial score (nSPS) is 16.1. The highest BCUT2D eigenvalue weighted by Crippen LogP contribution is 2.32. The van der Waals surface area contributed by atoms with Crippen molar-refractivity contribution in [2.75, 3.05) is 5.32 Å². The minimum Gasteiger partial charge on any atom is -0.447 e. The van der Waals surface area contributed by atoms with E-state index in [1.807, 2.05) is 0 Å². The molecule has 1 saturated carbocycles. The van der Waals surface area contributed by atoms with E-state index in [4.69, 9.17) is 4.74 Å². The van der Waals surface area contributed by atoms with Crippen LogP contribution < -0.4 is 5.32 Å². The molecular formula is C22H22F3NO3. The second-order valence-corrected chi connectivity index (χ2v) is 7.13. The molecule has 4 nitrogen and oxygen atoms in total. The molecule has 0 aromatic heterocycles. The fourth-order valence-electron chi connectivity index (χ4n) is 3.43. The van der Waals surface area contributed by atoms with Gasteiger partial charge in [-0.2, -0.15) is 13.2 Å². The van der Waals surface area contributed by atoms with Gasteiger partial charge in [0.25, 0.3) is 5.91 Å². The maximum atomic E-state index is 12.9. The van der Waals surface area contributed by atoms with Gasteiger partial charge in [-0.25, -0.2) is 0 Å². The first kappa shape index (κ1) is 20.9. The monoisotopic (exact) mass is 405 g/mol. The van der Waals surface area contributed by atoms with Crippen molar-refractivity contribution in [3.8, 4) is 0 Å². The summed E-state index contributed by atoms with van der Waals surface area (Å²) in [6.07, 6.45) is -1.38. The van der Waals surface area contributed by atoms with Gasteiger partial charge >= 0.3 is 12.1 Å². The zero-order valence-corrected chi connectivity index (χ0v) is 15.7. The molecule has 1 aliphatic carbocycles. The Balaban J connectivity index is 1.79. The van der Waals surface area contributed by atoms with Crippen LogP contribution in [0.25, 0.3) is 0 Å². The Labute approximate surface area is 167 Å². The lowest BCUT2D eigenvalue weighted by Crippen LogP contribution is -2.29. The molecule has 1 aliphatic rings. The number of hydrogen-bond donors (Lipinski definition) is 1. The molecule has 29 heavy (non-hydrogen) atoms. The Morgan fingerprint density at radius 1 is 0.966 bits per heavy atom. The van der Waals surface area contributed by atoms with E-state index in [9.17, 15) is 22.8 Å². The van der Waals surface area contributed by atoms with E-state index in [2.05, 4.69) is 5.32 Å². The largest absolute Gasteiger partial charge is 0.447 e. The van der Waals surface area contributed by atoms with Crippen LogP contribution >= 0.6 is 0 Å². The van der Waals surface area contributed by atoms with Crippen molar-refractivity contribution in [1.29, 1.82) is 0 Å². The Kier molecular flexibility index (Phi) is 6.56. The number of benzene rings is 2. The van der Waals surface area contributed by atoms with Crippen LogP contribution in [-0.2, 0) is 20.5 Å². The molecule has 0 bridgehead atoms. The fourth-order valence-corrected chi connectivity index (χ4v) is 3.43. The minimum atomic E-state index is -4.52. The summed E-state index contributed by atoms with van der Waals surface area (Å²) in [5, 5.41) is 2.45. The van der Waals surface area contributed by atoms with E-state index in [0.29, 0.717) is 5.56 Å². The number of alkyl halides is 3. The van der Waals surface area contributed by atoms with Gasteiger partial charge in [-0.15, -0.1) is 0 Å². The molecule has 2 aromatic carbocycles. The summed E-state index contributed by atoms with van der Waals surface area (Å²) >= 11 is 0. The number of carbonyl (C=O) groups excluding carboxylic acids is 2. The third-order valence-corrected chi connectivity index (χ3v) is 4.97. The van der Waals surface area contributed by atoms with Gasteiger partial charge < -0.3 is 10.1 Å². The van der Waals surface area contributed by atoms with Gasteiger partial charge in [0.05, 0.1) is 11.5 Å². The number of amides is 1. The molecule has 1 amide bonds. The number of hydrogen-bond acceptors (Lipinski definition) is 3. The van der Waals surface area contributed by atoms with Gasteiger partial charge in [0, 0.05) is 11.3 Å². The fraction of sp³-hybridized carbons (Fsp3) is 0.364. The molecule has 2 aromatic rings. The van der Waals surface area contributed by atoms with Crippen molar-refractivity contribution in [2.45, 2.75) is 44.4 Å². The zero-order valence-electron chi connectivity index (χ0n) is 15.7. The second-order valence-electron chi connectivity index (χ2n) is 7.13. The lowest BCUT2D eigenvalue weighted by atomic mass is 9.89. The molecule has 0 saturated heterocycles. The maximum absolute atomic E-state index is 12.9. The number of rotatable bonds is 5. The molecule has 1 N–H and O–H groups in total. The predicted molar refractivity (Wildman–Crippen MR) is 102 cm³/mol. The third kappa shape index (κ3) is 5.59. The molecule has 0 spiro atoms. The van der Waals surface area contributed by atoms with Crippen molar-refractivity contribution < 1.29 is 27.5 Å². The van der Waals surface area contributed by atoms with Crippen molar-refractivity contribution in [1.82, 2.24) is 0 Å². The zero-order chi connectivity index (χ0) is 20.9. The smallest absolute Gasteiger partial charge is 0.416 e. The highest BCUT2D eigenvalue weighted by molar-refractivity contribution is 5.96. The molecule has 1 fully saturated rings. The highest BCUT2D eigenvalue weighted by atomic mass is 19.4. The first-order valence-corrected chi connectivity index (χ1v) is 9.58. The van der Waals surface area contributed by atoms with Gasteiger partial charge in [0.1, 0.15) is 0 Å². The average Bonchev–Trinajstić information content (AvgIpc) is 2.72. The van der Waals surface area contributed by atoms with Crippen LogP contribution in [0.4, 0.5) is 18.9 Å². The van der Waals surface area contributed by atoms with E-state index in [1.54, 1.807) is 30.3 Å². The Morgan fingerprint density at radius 3 is 2.31 bits per heavy atom. The standard InChI is InChI=1S/C22H22F3NO3/c23-22(24,25)17-12-7-13-18(14-17)26-20(27)19(15-8-3-1-4-9-15)29-21(28)16-10-5-2-6-11-16/h1,3-4,7-9,12-14,16,19H,2,5-6,10-11H2,(H,26,27)/t19-/m0/s1. The second kappa shape index (κ2) is 9.11. The summed E-state index contributed by atoms with van der Waals surface area (Å²) in [5.74, 6) is -1.39. The van der Waals surface area contributed by atoms with Crippen LogP contribution in [-0.4, -0.2) is 11.9 Å². The lowest BCUT2D eigenvalue weighted by molar-refractivity contribution is -0.159. The highest BCUT2D eigenvalue weighted by Gasteiger charge is 2.32. The van der Waals surface area contributed by atoms with E-state index in [1.165, 1.54) is 12.1 Å². The van der Waals surface area contributed by atoms with Crippen LogP contribution in [0.3, 0.4) is 0 Å². The molecule has 0 heterocycles. The summed E-state index contributed by atoms with van der Waals surface area (Å²) in [7, 11) is 0. The van der Waals surface area contributed by atoms with Gasteiger partial charge in [0.15, 0.2) is 0 Å². The Morgan fingerprint density at radius 2 is 1.66 bits per heavy atom. The Bertz CT molecular complexity index is 846. The van der Waals surface area contributed by atoms with Gasteiger partial charge in [-0.1, -0.05) is 55.7 Å². The molecule has 1 atom stereocenters. The van der Waals surface area contributed by atoms with Crippen LogP contribution in [0.15, 0.2) is 54.6 Å². The first-order valence-electron chi connectivity index (χ1n) is 9.58. The van der Waals surface area contributed by atoms with Crippen molar-refractivity contribution in [3.05, 3.63) is 65.7 Å². The van der Waals surface area contributed by atoms with E-state index in [0.717, 1.165) is 44.2 Å². The van der Waals surface area contributed by atoms with Crippen molar-refractivity contribution in [3.63, 3.8) is 0 Å². The summed E-state index contributed by atoms with van der Waals surface area (Å²) in [6.45, 7) is 0. The number of nitrogens with one attached hydrogen (secondary N) is 1. The summed E-state index contributed by atoms with van der Waals surface area (Å²) in [4.78, 5) is 25.4. The van der Waals surface area contributed by atoms with Crippen LogP contribution in [0.5, 0.6) is 0 Å². The van der Waals surface area contributed by atoms with E-state index >= 15 is 0 Å². The van der Waals surface area contributed by atoms with Crippen LogP contribution in [0.2, 0.25) is 0 Å². The molecule has 0 aliphatic heterocycles. The minimum absolute atomic E-state index is 0.0144. The van der Waals surface area contributed by atoms with E-state index in [-0.39, 0.29) is 11.6 Å². The van der Waals surface area contributed by atoms with Crippen molar-refractivity contribution in [2.24, 2.45) is 5.92 Å². The molecule has 154 valence electrons. The predicted octanol–water partition coefficient (Wildman–Crippen LogP) is 5.51. The number of anilines is 1. The third-order valence-electron chi connectivity index (χ3n) is 4.97. The SMILES string of the molecule is O=C(O[C@H](C(=O)Nc1cccc(C(F)(F)F)c1)c1ccccc1)C1CCCCC1. The number of carbonyl (C=O) groups is 2. The van der Waals surface area contributed by atoms with Gasteiger partial charge in [-0.3, -0.25) is 9.59 Å². The number of ether oxygens (including phenoxy) is 1. The molecular weight excluding hydrogens is 383 g/mol. The maximum Gasteiger partial charge on any atom is 0.416 e. The summed E-state index contributed by atoms with van der Waals surface area (Å²) in [6, 6.07) is 12.8. The first-order chi connectivity index (χ1) is 13.8. The molecule has 3 rings (SSSR count). The van der Waals surface area contributed by atoms with Crippen molar-refractivity contribution >= 4 is 17.6 Å². The topological polar surface area (TPSA) is 55.4 Å². The molecule has 0 unspecified atom stereocenters. The summed E-state index contributed by atoms with van der Waals surface area (Å²) < 4.78 is 44.3. The van der Waals surface area contributed by atoms with Gasteiger partial charge in [0.2, 0.25) is 6.10 Å². The van der Waals surface area contributed by atoms with E-state index < -0.39 is 29.7 Å². The van der Waals surface area contributed by atoms with Crippen LogP contribution in [0.1, 0.15) is 49.3 Å². The molecule has 7 heteroatoms. The Hall–Kier alpha value is -2.83. The lowest BCUT2D eigenvalue weighted by Gasteiger charge is -2.24. The number of halogens is 3. The van der Waals surface area contributed by atoms with Gasteiger partial charge in [-0.05, 0) is 31.0 Å². The summed E-state index contributed by atoms with van der Waals surface area (Å²) in [5.41, 5.74) is -0.425. The molecule has 0 radical (unpaired) electrons.